The Kier molecular flexibility index (Phi) is 4.98. The number of benzene rings is 2. The molecule has 1 saturated heterocycles. The molecule has 9 heteroatoms. The van der Waals surface area contributed by atoms with Crippen LogP contribution in [0.1, 0.15) is 30.9 Å². The number of nitro groups is 1. The maximum Gasteiger partial charge on any atom is 0.326 e. The topological polar surface area (TPSA) is 95.8 Å². The summed E-state index contributed by atoms with van der Waals surface area (Å²) in [6.45, 7) is 2.21. The Morgan fingerprint density at radius 2 is 1.80 bits per heavy atom. The summed E-state index contributed by atoms with van der Waals surface area (Å²) in [5.41, 5.74) is -0.00811. The maximum atomic E-state index is 13.2. The van der Waals surface area contributed by atoms with E-state index < -0.39 is 22.4 Å². The molecule has 156 valence electrons. The van der Waals surface area contributed by atoms with E-state index in [9.17, 15) is 24.1 Å². The minimum absolute atomic E-state index is 0.0878. The second-order valence-electron chi connectivity index (χ2n) is 7.84. The van der Waals surface area contributed by atoms with Crippen LogP contribution in [0.2, 0.25) is 0 Å². The highest BCUT2D eigenvalue weighted by atomic mass is 19.1. The number of halogens is 1. The fourth-order valence-corrected chi connectivity index (χ4v) is 3.68. The van der Waals surface area contributed by atoms with Gasteiger partial charge in [-0.15, -0.1) is 0 Å². The van der Waals surface area contributed by atoms with Gasteiger partial charge in [-0.3, -0.25) is 19.8 Å². The Bertz CT molecular complexity index is 991. The summed E-state index contributed by atoms with van der Waals surface area (Å²) in [4.78, 5) is 39.4. The molecule has 0 aromatic heterocycles. The second kappa shape index (κ2) is 7.49. The molecule has 1 saturated carbocycles. The summed E-state index contributed by atoms with van der Waals surface area (Å²) in [6, 6.07) is 11.5. The van der Waals surface area contributed by atoms with Crippen molar-refractivity contribution in [2.24, 2.45) is 0 Å². The van der Waals surface area contributed by atoms with Gasteiger partial charge in [0, 0.05) is 24.7 Å². The van der Waals surface area contributed by atoms with Gasteiger partial charge >= 0.3 is 6.03 Å². The Hall–Kier alpha value is -3.33. The van der Waals surface area contributed by atoms with Gasteiger partial charge in [-0.25, -0.2) is 14.1 Å². The van der Waals surface area contributed by atoms with Crippen LogP contribution >= 0.6 is 0 Å². The smallest absolute Gasteiger partial charge is 0.319 e. The number of hydrogen-bond acceptors (Lipinski definition) is 5. The summed E-state index contributed by atoms with van der Waals surface area (Å²) in [6.07, 6.45) is 1.95. The number of rotatable bonds is 7. The van der Waals surface area contributed by atoms with Crippen LogP contribution in [0.4, 0.5) is 14.9 Å². The molecule has 1 aliphatic heterocycles. The molecule has 3 amide bonds. The molecule has 8 nitrogen and oxygen atoms in total. The number of carbonyl (C=O) groups excluding carboxylic acids is 2. The normalized spacial score (nSPS) is 21.2. The van der Waals surface area contributed by atoms with E-state index in [1.165, 1.54) is 41.3 Å². The highest BCUT2D eigenvalue weighted by Crippen LogP contribution is 2.33. The summed E-state index contributed by atoms with van der Waals surface area (Å²) >= 11 is 0. The largest absolute Gasteiger partial charge is 0.326 e. The van der Waals surface area contributed by atoms with Gasteiger partial charge in [0.2, 0.25) is 0 Å². The van der Waals surface area contributed by atoms with Crippen molar-refractivity contribution in [3.63, 3.8) is 0 Å². The lowest BCUT2D eigenvalue weighted by Gasteiger charge is -2.27. The Labute approximate surface area is 172 Å². The average molecular weight is 412 g/mol. The molecule has 2 aromatic rings. The molecule has 0 radical (unpaired) electrons. The van der Waals surface area contributed by atoms with Crippen LogP contribution in [0, 0.1) is 15.9 Å². The molecule has 4 rings (SSSR count). The number of urea groups is 1. The zero-order chi connectivity index (χ0) is 21.5. The first-order chi connectivity index (χ1) is 14.3. The van der Waals surface area contributed by atoms with E-state index in [-0.39, 0.29) is 24.2 Å². The first-order valence-corrected chi connectivity index (χ1v) is 9.65. The van der Waals surface area contributed by atoms with E-state index in [0.717, 1.165) is 18.4 Å². The number of amides is 3. The minimum atomic E-state index is -1.29. The van der Waals surface area contributed by atoms with Gasteiger partial charge < -0.3 is 5.32 Å². The van der Waals surface area contributed by atoms with E-state index in [0.29, 0.717) is 12.1 Å². The summed E-state index contributed by atoms with van der Waals surface area (Å²) in [5, 5.41) is 13.6. The third-order valence-corrected chi connectivity index (χ3v) is 5.62. The van der Waals surface area contributed by atoms with Gasteiger partial charge in [0.1, 0.15) is 11.4 Å². The predicted molar refractivity (Wildman–Crippen MR) is 106 cm³/mol. The van der Waals surface area contributed by atoms with Gasteiger partial charge in [0.15, 0.2) is 0 Å². The zero-order valence-corrected chi connectivity index (χ0v) is 16.4. The molecule has 0 unspecified atom stereocenters. The van der Waals surface area contributed by atoms with Gasteiger partial charge in [-0.2, -0.15) is 0 Å². The van der Waals surface area contributed by atoms with Crippen molar-refractivity contribution in [1.82, 2.24) is 15.1 Å². The van der Waals surface area contributed by atoms with Gasteiger partial charge in [-0.1, -0.05) is 12.1 Å². The SMILES string of the molecule is C[C@@]1(c2ccc([N+](=O)[O-])cc2)NC(=O)N(CN(Cc2ccc(F)cc2)C2CC2)C1=O. The van der Waals surface area contributed by atoms with Gasteiger partial charge in [0.05, 0.1) is 11.6 Å². The Morgan fingerprint density at radius 1 is 1.17 bits per heavy atom. The van der Waals surface area contributed by atoms with E-state index in [2.05, 4.69) is 5.32 Å². The first-order valence-electron chi connectivity index (χ1n) is 9.65. The molecule has 1 N–H and O–H groups in total. The average Bonchev–Trinajstić information content (AvgIpc) is 3.54. The monoisotopic (exact) mass is 412 g/mol. The van der Waals surface area contributed by atoms with Crippen LogP contribution in [0.25, 0.3) is 0 Å². The summed E-state index contributed by atoms with van der Waals surface area (Å²) < 4.78 is 13.2. The highest BCUT2D eigenvalue weighted by Gasteiger charge is 2.50. The number of imide groups is 1. The Balaban J connectivity index is 1.52. The number of nitrogens with zero attached hydrogens (tertiary/aromatic N) is 3. The van der Waals surface area contributed by atoms with Crippen LogP contribution < -0.4 is 5.32 Å². The highest BCUT2D eigenvalue weighted by molar-refractivity contribution is 6.07. The van der Waals surface area contributed by atoms with Crippen molar-refractivity contribution in [1.29, 1.82) is 0 Å². The van der Waals surface area contributed by atoms with Crippen LogP contribution in [-0.4, -0.2) is 39.4 Å². The Morgan fingerprint density at radius 3 is 2.37 bits per heavy atom. The number of hydrogen-bond donors (Lipinski definition) is 1. The fraction of sp³-hybridized carbons (Fsp3) is 0.333. The molecule has 1 atom stereocenters. The molecule has 2 aromatic carbocycles. The van der Waals surface area contributed by atoms with Gasteiger partial charge in [0.25, 0.3) is 11.6 Å². The third kappa shape index (κ3) is 3.76. The van der Waals surface area contributed by atoms with Crippen LogP contribution in [0.3, 0.4) is 0 Å². The standard InChI is InChI=1S/C21H21FN4O4/c1-21(15-4-8-18(9-5-15)26(29)30)19(27)25(20(28)23-21)13-24(17-10-11-17)12-14-2-6-16(22)7-3-14/h2-9,17H,10-13H2,1H3,(H,23,28)/t21-/m0/s1. The lowest BCUT2D eigenvalue weighted by atomic mass is 9.92. The van der Waals surface area contributed by atoms with E-state index >= 15 is 0 Å². The van der Waals surface area contributed by atoms with Crippen LogP contribution in [0.15, 0.2) is 48.5 Å². The van der Waals surface area contributed by atoms with E-state index in [1.807, 2.05) is 4.90 Å². The number of non-ortho nitro benzene ring substituents is 1. The molecular formula is C21H21FN4O4. The number of nitro benzene ring substituents is 1. The summed E-state index contributed by atoms with van der Waals surface area (Å²) in [5.74, 6) is -0.726. The van der Waals surface area contributed by atoms with E-state index in [1.54, 1.807) is 19.1 Å². The van der Waals surface area contributed by atoms with Crippen LogP contribution in [0.5, 0.6) is 0 Å². The van der Waals surface area contributed by atoms with Gasteiger partial charge in [-0.05, 0) is 55.2 Å². The molecule has 2 aliphatic rings. The van der Waals surface area contributed by atoms with Crippen molar-refractivity contribution in [2.75, 3.05) is 6.67 Å². The quantitative estimate of drug-likeness (QED) is 0.428. The molecular weight excluding hydrogens is 391 g/mol. The van der Waals surface area contributed by atoms with Crippen LogP contribution in [-0.2, 0) is 16.9 Å². The van der Waals surface area contributed by atoms with Crippen molar-refractivity contribution >= 4 is 17.6 Å². The molecule has 0 spiro atoms. The number of carbonyl (C=O) groups is 2. The summed E-state index contributed by atoms with van der Waals surface area (Å²) in [7, 11) is 0. The molecule has 1 heterocycles. The number of nitrogens with one attached hydrogen (secondary N) is 1. The molecule has 2 fully saturated rings. The fourth-order valence-electron chi connectivity index (χ4n) is 3.68. The van der Waals surface area contributed by atoms with Crippen molar-refractivity contribution in [2.45, 2.75) is 37.9 Å². The molecule has 1 aliphatic carbocycles. The minimum Gasteiger partial charge on any atom is -0.319 e. The zero-order valence-electron chi connectivity index (χ0n) is 16.4. The molecule has 0 bridgehead atoms. The second-order valence-corrected chi connectivity index (χ2v) is 7.84. The van der Waals surface area contributed by atoms with Crippen molar-refractivity contribution in [3.05, 3.63) is 75.6 Å². The predicted octanol–water partition coefficient (Wildman–Crippen LogP) is 3.12. The van der Waals surface area contributed by atoms with E-state index in [4.69, 9.17) is 0 Å². The third-order valence-electron chi connectivity index (χ3n) is 5.62. The first kappa shape index (κ1) is 20.0. The maximum absolute atomic E-state index is 13.2. The van der Waals surface area contributed by atoms with Crippen molar-refractivity contribution < 1.29 is 18.9 Å². The lowest BCUT2D eigenvalue weighted by molar-refractivity contribution is -0.384. The lowest BCUT2D eigenvalue weighted by Crippen LogP contribution is -2.44. The van der Waals surface area contributed by atoms with Crippen molar-refractivity contribution in [3.8, 4) is 0 Å². The molecule has 30 heavy (non-hydrogen) atoms.